The normalized spacial score (nSPS) is 9.67. The van der Waals surface area contributed by atoms with Crippen LogP contribution in [0, 0.1) is 3.57 Å². The molecule has 0 saturated carbocycles. The predicted molar refractivity (Wildman–Crippen MR) is 58.9 cm³/mol. The van der Waals surface area contributed by atoms with Crippen LogP contribution in [-0.2, 0) is 11.3 Å². The fourth-order valence-corrected chi connectivity index (χ4v) is 1.34. The van der Waals surface area contributed by atoms with Crippen LogP contribution in [0.1, 0.15) is 0 Å². The van der Waals surface area contributed by atoms with Crippen LogP contribution in [0.5, 0.6) is 0 Å². The van der Waals surface area contributed by atoms with Crippen LogP contribution in [0.4, 0.5) is 4.79 Å². The zero-order valence-corrected chi connectivity index (χ0v) is 9.59. The van der Waals surface area contributed by atoms with Gasteiger partial charge in [-0.2, -0.15) is 0 Å². The summed E-state index contributed by atoms with van der Waals surface area (Å²) in [5.41, 5.74) is 4.40. The first-order valence-electron chi connectivity index (χ1n) is 3.80. The summed E-state index contributed by atoms with van der Waals surface area (Å²) >= 11 is 1.80. The fourth-order valence-electron chi connectivity index (χ4n) is 0.868. The average Bonchev–Trinajstić information content (AvgIpc) is 2.11. The number of hydrogen-bond acceptors (Lipinski definition) is 4. The summed E-state index contributed by atoms with van der Waals surface area (Å²) in [4.78, 5) is 36.6. The monoisotopic (exact) mass is 322 g/mol. The van der Waals surface area contributed by atoms with Crippen molar-refractivity contribution >= 4 is 34.5 Å². The van der Waals surface area contributed by atoms with Gasteiger partial charge in [0.1, 0.15) is 6.54 Å². The first-order valence-corrected chi connectivity index (χ1v) is 4.88. The minimum absolute atomic E-state index is 0.286. The third-order valence-electron chi connectivity index (χ3n) is 1.44. The number of halogens is 1. The van der Waals surface area contributed by atoms with Crippen molar-refractivity contribution in [2.45, 2.75) is 6.54 Å². The highest BCUT2D eigenvalue weighted by Gasteiger charge is 2.07. The number of carbonyl (C=O) groups excluding carboxylic acids is 2. The maximum absolute atomic E-state index is 11.4. The van der Waals surface area contributed by atoms with E-state index in [4.69, 9.17) is 5.73 Å². The third kappa shape index (κ3) is 3.31. The van der Waals surface area contributed by atoms with Gasteiger partial charge >= 0.3 is 6.03 Å². The van der Waals surface area contributed by atoms with E-state index in [0.29, 0.717) is 3.57 Å². The Morgan fingerprint density at radius 3 is 2.87 bits per heavy atom. The number of hydrogen-bond donors (Lipinski definition) is 2. The van der Waals surface area contributed by atoms with E-state index in [2.05, 4.69) is 4.98 Å². The van der Waals surface area contributed by atoms with Crippen LogP contribution in [0.3, 0.4) is 0 Å². The molecule has 1 aromatic heterocycles. The Bertz CT molecular complexity index is 456. The van der Waals surface area contributed by atoms with Crippen LogP contribution in [0.2, 0.25) is 0 Å². The Balaban J connectivity index is 2.82. The molecule has 1 heterocycles. The average molecular weight is 322 g/mol. The summed E-state index contributed by atoms with van der Waals surface area (Å²) in [6.45, 7) is -0.286. The van der Waals surface area contributed by atoms with Crippen molar-refractivity contribution in [1.29, 1.82) is 0 Å². The van der Waals surface area contributed by atoms with Crippen LogP contribution in [0.25, 0.3) is 0 Å². The topological polar surface area (TPSA) is 107 Å². The van der Waals surface area contributed by atoms with Gasteiger partial charge in [0.25, 0.3) is 5.56 Å². The lowest BCUT2D eigenvalue weighted by atomic mass is 10.5. The molecular formula is C7H7IN4O3. The van der Waals surface area contributed by atoms with Gasteiger partial charge in [-0.3, -0.25) is 19.5 Å². The van der Waals surface area contributed by atoms with Gasteiger partial charge in [-0.15, -0.1) is 0 Å². The Kier molecular flexibility index (Phi) is 3.77. The molecule has 0 aliphatic carbocycles. The number of carbonyl (C=O) groups is 2. The Morgan fingerprint density at radius 1 is 1.60 bits per heavy atom. The lowest BCUT2D eigenvalue weighted by Crippen LogP contribution is -2.39. The highest BCUT2D eigenvalue weighted by Crippen LogP contribution is 1.92. The van der Waals surface area contributed by atoms with Crippen molar-refractivity contribution in [2.24, 2.45) is 5.73 Å². The highest BCUT2D eigenvalue weighted by molar-refractivity contribution is 14.1. The molecule has 0 fully saturated rings. The van der Waals surface area contributed by atoms with Gasteiger partial charge in [-0.25, -0.2) is 9.78 Å². The van der Waals surface area contributed by atoms with Crippen LogP contribution in [0.15, 0.2) is 17.3 Å². The molecule has 0 bridgehead atoms. The van der Waals surface area contributed by atoms with E-state index in [9.17, 15) is 14.4 Å². The van der Waals surface area contributed by atoms with Crippen molar-refractivity contribution < 1.29 is 9.59 Å². The molecule has 0 aromatic carbocycles. The first-order chi connectivity index (χ1) is 7.00. The van der Waals surface area contributed by atoms with Crippen molar-refractivity contribution in [3.8, 4) is 0 Å². The summed E-state index contributed by atoms with van der Waals surface area (Å²) in [5.74, 6) is -0.659. The van der Waals surface area contributed by atoms with Crippen molar-refractivity contribution in [2.75, 3.05) is 0 Å². The van der Waals surface area contributed by atoms with E-state index in [1.54, 1.807) is 22.6 Å². The van der Waals surface area contributed by atoms with Crippen LogP contribution < -0.4 is 16.6 Å². The number of rotatable bonds is 2. The lowest BCUT2D eigenvalue weighted by molar-refractivity contribution is -0.120. The second-order valence-electron chi connectivity index (χ2n) is 2.59. The SMILES string of the molecule is NC(=O)NC(=O)Cn1cncc(I)c1=O. The van der Waals surface area contributed by atoms with E-state index >= 15 is 0 Å². The van der Waals surface area contributed by atoms with Crippen molar-refractivity contribution in [3.05, 3.63) is 26.4 Å². The van der Waals surface area contributed by atoms with E-state index in [-0.39, 0.29) is 12.1 Å². The Hall–Kier alpha value is -1.45. The third-order valence-corrected chi connectivity index (χ3v) is 2.18. The molecule has 3 amide bonds. The number of urea groups is 1. The molecule has 0 atom stereocenters. The molecule has 80 valence electrons. The molecule has 8 heteroatoms. The number of nitrogens with one attached hydrogen (secondary N) is 1. The van der Waals surface area contributed by atoms with E-state index < -0.39 is 11.9 Å². The fraction of sp³-hybridized carbons (Fsp3) is 0.143. The molecule has 0 spiro atoms. The van der Waals surface area contributed by atoms with Crippen LogP contribution >= 0.6 is 22.6 Å². The van der Waals surface area contributed by atoms with Gasteiger partial charge in [0.2, 0.25) is 5.91 Å². The molecule has 1 rings (SSSR count). The zero-order valence-electron chi connectivity index (χ0n) is 7.44. The van der Waals surface area contributed by atoms with Gasteiger partial charge in [-0.1, -0.05) is 0 Å². The number of imide groups is 1. The smallest absolute Gasteiger partial charge is 0.318 e. The Morgan fingerprint density at radius 2 is 2.27 bits per heavy atom. The Labute approximate surface area is 97.8 Å². The number of primary amides is 1. The minimum Gasteiger partial charge on any atom is -0.351 e. The second kappa shape index (κ2) is 4.87. The standard InChI is InChI=1S/C7H7IN4O3/c8-4-1-10-3-12(6(4)14)2-5(13)11-7(9)15/h1,3H,2H2,(H3,9,11,13,15). The quantitative estimate of drug-likeness (QED) is 0.684. The maximum atomic E-state index is 11.4. The summed E-state index contributed by atoms with van der Waals surface area (Å²) < 4.78 is 1.47. The van der Waals surface area contributed by atoms with Crippen molar-refractivity contribution in [3.63, 3.8) is 0 Å². The molecule has 0 saturated heterocycles. The van der Waals surface area contributed by atoms with Gasteiger partial charge in [0.15, 0.2) is 0 Å². The molecule has 0 aliphatic rings. The van der Waals surface area contributed by atoms with Crippen molar-refractivity contribution in [1.82, 2.24) is 14.9 Å². The molecule has 3 N–H and O–H groups in total. The van der Waals surface area contributed by atoms with E-state index in [1.807, 2.05) is 5.32 Å². The first kappa shape index (κ1) is 11.6. The molecule has 0 radical (unpaired) electrons. The maximum Gasteiger partial charge on any atom is 0.318 e. The summed E-state index contributed by atoms with van der Waals surface area (Å²) in [5, 5.41) is 1.85. The highest BCUT2D eigenvalue weighted by atomic mass is 127. The second-order valence-corrected chi connectivity index (χ2v) is 3.75. The predicted octanol–water partition coefficient (Wildman–Crippen LogP) is -0.957. The number of nitrogens with two attached hydrogens (primary N) is 1. The van der Waals surface area contributed by atoms with E-state index in [0.717, 1.165) is 4.57 Å². The zero-order chi connectivity index (χ0) is 11.4. The number of aromatic nitrogens is 2. The largest absolute Gasteiger partial charge is 0.351 e. The summed E-state index contributed by atoms with van der Waals surface area (Å²) in [7, 11) is 0. The van der Waals surface area contributed by atoms with Gasteiger partial charge < -0.3 is 5.73 Å². The number of nitrogens with zero attached hydrogens (tertiary/aromatic N) is 2. The molecule has 1 aromatic rings. The molecule has 0 unspecified atom stereocenters. The minimum atomic E-state index is -0.952. The lowest BCUT2D eigenvalue weighted by Gasteiger charge is -2.03. The molecule has 0 aliphatic heterocycles. The summed E-state index contributed by atoms with van der Waals surface area (Å²) in [6.07, 6.45) is 2.59. The molecule has 7 nitrogen and oxygen atoms in total. The van der Waals surface area contributed by atoms with Gasteiger partial charge in [0, 0.05) is 6.20 Å². The van der Waals surface area contributed by atoms with Gasteiger partial charge in [-0.05, 0) is 22.6 Å². The number of amides is 3. The van der Waals surface area contributed by atoms with Gasteiger partial charge in [0.05, 0.1) is 9.90 Å². The summed E-state index contributed by atoms with van der Waals surface area (Å²) in [6, 6.07) is -0.952. The van der Waals surface area contributed by atoms with Crippen LogP contribution in [-0.4, -0.2) is 21.5 Å². The molecule has 15 heavy (non-hydrogen) atoms. The molecular weight excluding hydrogens is 315 g/mol. The van der Waals surface area contributed by atoms with E-state index in [1.165, 1.54) is 12.5 Å².